The largest absolute Gasteiger partial charge is 0.454 e. The molecule has 31 heavy (non-hydrogen) atoms. The van der Waals surface area contributed by atoms with E-state index in [4.69, 9.17) is 4.74 Å². The Hall–Kier alpha value is -2.89. The number of para-hydroxylation sites is 1. The highest BCUT2D eigenvalue weighted by molar-refractivity contribution is 7.89. The van der Waals surface area contributed by atoms with Gasteiger partial charge in [0.05, 0.1) is 11.7 Å². The lowest BCUT2D eigenvalue weighted by Gasteiger charge is -2.32. The maximum Gasteiger partial charge on any atom is 0.324 e. The Morgan fingerprint density at radius 1 is 1.10 bits per heavy atom. The van der Waals surface area contributed by atoms with E-state index in [2.05, 4.69) is 14.1 Å². The predicted molar refractivity (Wildman–Crippen MR) is 115 cm³/mol. The van der Waals surface area contributed by atoms with E-state index in [1.165, 1.54) is 6.07 Å². The summed E-state index contributed by atoms with van der Waals surface area (Å²) in [5, 5.41) is 2.62. The van der Waals surface area contributed by atoms with Gasteiger partial charge in [0.2, 0.25) is 10.0 Å². The topological polar surface area (TPSA) is 119 Å². The second kappa shape index (κ2) is 9.08. The van der Waals surface area contributed by atoms with E-state index in [-0.39, 0.29) is 17.0 Å². The fraction of sp³-hybridized carbons (Fsp3) is 0.300. The van der Waals surface area contributed by atoms with E-state index in [1.54, 1.807) is 36.4 Å². The van der Waals surface area contributed by atoms with Crippen molar-refractivity contribution in [3.8, 4) is 0 Å². The summed E-state index contributed by atoms with van der Waals surface area (Å²) in [5.74, 6) is -1.24. The van der Waals surface area contributed by atoms with Crippen molar-refractivity contribution in [2.24, 2.45) is 0 Å². The fourth-order valence-corrected chi connectivity index (χ4v) is 5.90. The van der Waals surface area contributed by atoms with Gasteiger partial charge in [-0.2, -0.15) is 13.1 Å². The number of benzene rings is 2. The third kappa shape index (κ3) is 4.58. The molecule has 1 aliphatic heterocycles. The Balaban J connectivity index is 1.48. The molecule has 1 fully saturated rings. The van der Waals surface area contributed by atoms with Crippen LogP contribution in [0.1, 0.15) is 19.3 Å². The highest BCUT2D eigenvalue weighted by Gasteiger charge is 2.39. The van der Waals surface area contributed by atoms with Crippen molar-refractivity contribution in [1.82, 2.24) is 13.1 Å². The minimum absolute atomic E-state index is 0.0141. The first kappa shape index (κ1) is 21.3. The molecule has 0 radical (unpaired) electrons. The van der Waals surface area contributed by atoms with Gasteiger partial charge in [-0.1, -0.05) is 24.3 Å². The number of anilines is 1. The van der Waals surface area contributed by atoms with Crippen LogP contribution >= 0.6 is 11.7 Å². The fourth-order valence-electron chi connectivity index (χ4n) is 3.50. The number of nitrogens with one attached hydrogen (secondary N) is 1. The molecule has 0 spiro atoms. The van der Waals surface area contributed by atoms with Crippen LogP contribution in [0.5, 0.6) is 0 Å². The number of carbonyl (C=O) groups excluding carboxylic acids is 2. The Morgan fingerprint density at radius 3 is 2.71 bits per heavy atom. The molecule has 0 aliphatic carbocycles. The van der Waals surface area contributed by atoms with Gasteiger partial charge in [-0.15, -0.1) is 0 Å². The smallest absolute Gasteiger partial charge is 0.324 e. The number of piperidine rings is 1. The van der Waals surface area contributed by atoms with Crippen molar-refractivity contribution >= 4 is 50.3 Å². The molecule has 1 N–H and O–H groups in total. The van der Waals surface area contributed by atoms with Crippen molar-refractivity contribution in [2.75, 3.05) is 18.5 Å². The van der Waals surface area contributed by atoms with Crippen molar-refractivity contribution in [3.63, 3.8) is 0 Å². The van der Waals surface area contributed by atoms with Gasteiger partial charge < -0.3 is 10.1 Å². The van der Waals surface area contributed by atoms with E-state index in [0.717, 1.165) is 16.0 Å². The van der Waals surface area contributed by atoms with E-state index in [1.807, 2.05) is 6.07 Å². The van der Waals surface area contributed by atoms with Crippen LogP contribution in [-0.2, 0) is 24.3 Å². The minimum Gasteiger partial charge on any atom is -0.454 e. The summed E-state index contributed by atoms with van der Waals surface area (Å²) in [6.45, 7) is -0.310. The van der Waals surface area contributed by atoms with E-state index in [9.17, 15) is 18.0 Å². The lowest BCUT2D eigenvalue weighted by molar-refractivity contribution is -0.152. The Bertz CT molecular complexity index is 1200. The summed E-state index contributed by atoms with van der Waals surface area (Å²) in [4.78, 5) is 24.8. The summed E-state index contributed by atoms with van der Waals surface area (Å²) in [5.41, 5.74) is 1.35. The number of ether oxygens (including phenoxy) is 1. The van der Waals surface area contributed by atoms with E-state index >= 15 is 0 Å². The molecule has 0 bridgehead atoms. The predicted octanol–water partition coefficient (Wildman–Crippen LogP) is 2.42. The molecule has 1 aliphatic rings. The molecule has 1 saturated heterocycles. The summed E-state index contributed by atoms with van der Waals surface area (Å²) in [7, 11) is -4.00. The first-order valence-electron chi connectivity index (χ1n) is 9.71. The number of rotatable bonds is 6. The second-order valence-corrected chi connectivity index (χ2v) is 9.42. The first-order valence-corrected chi connectivity index (χ1v) is 11.9. The molecule has 4 rings (SSSR count). The van der Waals surface area contributed by atoms with Gasteiger partial charge >= 0.3 is 5.97 Å². The number of nitrogens with zero attached hydrogens (tertiary/aromatic N) is 3. The molecular weight excluding hydrogens is 440 g/mol. The molecule has 3 aromatic rings. The number of carbonyl (C=O) groups is 2. The number of fused-ring (bicyclic) bond motifs is 1. The molecule has 11 heteroatoms. The summed E-state index contributed by atoms with van der Waals surface area (Å²) < 4.78 is 41.3. The van der Waals surface area contributed by atoms with E-state index < -0.39 is 34.5 Å². The normalized spacial score (nSPS) is 17.4. The average molecular weight is 461 g/mol. The molecule has 1 aromatic heterocycles. The molecule has 9 nitrogen and oxygen atoms in total. The maximum atomic E-state index is 13.4. The number of esters is 1. The monoisotopic (exact) mass is 460 g/mol. The highest BCUT2D eigenvalue weighted by Crippen LogP contribution is 2.29. The summed E-state index contributed by atoms with van der Waals surface area (Å²) >= 11 is 0.930. The van der Waals surface area contributed by atoms with Gasteiger partial charge in [-0.25, -0.2) is 8.42 Å². The number of hydrogen-bond donors (Lipinski definition) is 1. The first-order chi connectivity index (χ1) is 15.0. The summed E-state index contributed by atoms with van der Waals surface area (Å²) in [6, 6.07) is 12.5. The van der Waals surface area contributed by atoms with E-state index in [0.29, 0.717) is 30.5 Å². The number of amides is 1. The second-order valence-electron chi connectivity index (χ2n) is 7.04. The Morgan fingerprint density at radius 2 is 1.90 bits per heavy atom. The van der Waals surface area contributed by atoms with Crippen LogP contribution in [0.15, 0.2) is 53.4 Å². The van der Waals surface area contributed by atoms with Crippen LogP contribution in [0.4, 0.5) is 5.69 Å². The molecular formula is C20H20N4O5S2. The zero-order valence-corrected chi connectivity index (χ0v) is 18.1. The van der Waals surface area contributed by atoms with Crippen LogP contribution in [-0.4, -0.2) is 52.5 Å². The third-order valence-corrected chi connectivity index (χ3v) is 7.45. The molecule has 0 saturated carbocycles. The van der Waals surface area contributed by atoms with Gasteiger partial charge in [0.15, 0.2) is 6.61 Å². The quantitative estimate of drug-likeness (QED) is 0.561. The molecule has 2 aromatic carbocycles. The molecule has 2 heterocycles. The lowest BCUT2D eigenvalue weighted by Crippen LogP contribution is -2.48. The van der Waals surface area contributed by atoms with Gasteiger partial charge in [0.1, 0.15) is 22.0 Å². The zero-order valence-electron chi connectivity index (χ0n) is 16.4. The van der Waals surface area contributed by atoms with Crippen LogP contribution in [0.3, 0.4) is 0 Å². The van der Waals surface area contributed by atoms with Crippen molar-refractivity contribution in [3.05, 3.63) is 48.5 Å². The van der Waals surface area contributed by atoms with Crippen LogP contribution in [0.25, 0.3) is 11.0 Å². The maximum absolute atomic E-state index is 13.4. The molecule has 162 valence electrons. The van der Waals surface area contributed by atoms with Crippen LogP contribution in [0.2, 0.25) is 0 Å². The zero-order chi connectivity index (χ0) is 21.8. The van der Waals surface area contributed by atoms with Gasteiger partial charge in [-0.05, 0) is 43.5 Å². The third-order valence-electron chi connectivity index (χ3n) is 4.96. The van der Waals surface area contributed by atoms with Gasteiger partial charge in [0.25, 0.3) is 5.91 Å². The van der Waals surface area contributed by atoms with Crippen LogP contribution in [0, 0.1) is 0 Å². The molecule has 0 unspecified atom stereocenters. The standard InChI is InChI=1S/C20H20N4O5S2/c25-18(21-14-7-2-1-3-8-14)13-29-20(26)16-10-4-5-12-24(16)31(27,28)17-11-6-9-15-19(17)23-30-22-15/h1-3,6-9,11,16H,4-5,10,12-13H2,(H,21,25)/t16-/m1/s1. The van der Waals surface area contributed by atoms with Crippen molar-refractivity contribution < 1.29 is 22.7 Å². The SMILES string of the molecule is O=C(COC(=O)[C@H]1CCCCN1S(=O)(=O)c1cccc2nsnc12)Nc1ccccc1. The molecule has 1 atom stereocenters. The van der Waals surface area contributed by atoms with Crippen molar-refractivity contribution in [2.45, 2.75) is 30.2 Å². The van der Waals surface area contributed by atoms with Gasteiger partial charge in [0, 0.05) is 12.2 Å². The highest BCUT2D eigenvalue weighted by atomic mass is 32.2. The van der Waals surface area contributed by atoms with Crippen LogP contribution < -0.4 is 5.32 Å². The number of hydrogen-bond acceptors (Lipinski definition) is 8. The summed E-state index contributed by atoms with van der Waals surface area (Å²) in [6.07, 6.45) is 1.64. The number of aromatic nitrogens is 2. The number of sulfonamides is 1. The van der Waals surface area contributed by atoms with Gasteiger partial charge in [-0.3, -0.25) is 9.59 Å². The Labute approximate surface area is 183 Å². The minimum atomic E-state index is -4.00. The Kier molecular flexibility index (Phi) is 6.25. The lowest BCUT2D eigenvalue weighted by atomic mass is 10.1. The average Bonchev–Trinajstić information content (AvgIpc) is 3.27. The van der Waals surface area contributed by atoms with Crippen molar-refractivity contribution in [1.29, 1.82) is 0 Å². The molecule has 1 amide bonds.